The van der Waals surface area contributed by atoms with Crippen molar-refractivity contribution in [2.45, 2.75) is 10.9 Å². The van der Waals surface area contributed by atoms with Gasteiger partial charge in [0.25, 0.3) is 0 Å². The van der Waals surface area contributed by atoms with Crippen LogP contribution >= 0.6 is 11.3 Å². The number of hydrogen-bond acceptors (Lipinski definition) is 4. The highest BCUT2D eigenvalue weighted by molar-refractivity contribution is 7.63. The van der Waals surface area contributed by atoms with Crippen molar-refractivity contribution in [3.8, 4) is 0 Å². The molecule has 19 heavy (non-hydrogen) atoms. The van der Waals surface area contributed by atoms with Crippen molar-refractivity contribution >= 4 is 34.2 Å². The molecule has 0 fully saturated rings. The number of aromatic nitrogens is 2. The number of benzene rings is 1. The van der Waals surface area contributed by atoms with E-state index < -0.39 is 0 Å². The molecular formula is C14H14N2OS2. The Morgan fingerprint density at radius 3 is 2.53 bits per heavy atom. The first-order valence-corrected chi connectivity index (χ1v) is 7.09. The molecule has 2 aromatic heterocycles. The van der Waals surface area contributed by atoms with Crippen LogP contribution in [0.5, 0.6) is 0 Å². The van der Waals surface area contributed by atoms with Gasteiger partial charge in [0, 0.05) is 12.1 Å². The zero-order valence-electron chi connectivity index (χ0n) is 10.3. The van der Waals surface area contributed by atoms with Crippen LogP contribution in [0.2, 0.25) is 0 Å². The number of thiazole rings is 1. The maximum Gasteiger partial charge on any atom is 0.171 e. The second-order valence-electron chi connectivity index (χ2n) is 3.78. The van der Waals surface area contributed by atoms with Gasteiger partial charge in [-0.15, -0.1) is 0 Å². The molecule has 0 atom stereocenters. The van der Waals surface area contributed by atoms with Gasteiger partial charge in [-0.3, -0.25) is 4.98 Å². The van der Waals surface area contributed by atoms with Gasteiger partial charge in [0.15, 0.2) is 18.9 Å². The molecule has 0 unspecified atom stereocenters. The van der Waals surface area contributed by atoms with Crippen LogP contribution in [0.25, 0.3) is 10.2 Å². The molecule has 5 heteroatoms. The van der Waals surface area contributed by atoms with E-state index in [1.807, 2.05) is 59.4 Å². The maximum absolute atomic E-state index is 8.50. The summed E-state index contributed by atoms with van der Waals surface area (Å²) in [6, 6.07) is 13.8. The first-order chi connectivity index (χ1) is 9.29. The summed E-state index contributed by atoms with van der Waals surface area (Å²) >= 11 is 6.48. The molecule has 1 aromatic carbocycles. The maximum atomic E-state index is 8.50. The van der Waals surface area contributed by atoms with Crippen LogP contribution in [0.1, 0.15) is 0 Å². The summed E-state index contributed by atoms with van der Waals surface area (Å²) in [6.07, 6.45) is 3.85. The quantitative estimate of drug-likeness (QED) is 0.580. The highest BCUT2D eigenvalue weighted by atomic mass is 32.2. The Morgan fingerprint density at radius 1 is 1.11 bits per heavy atom. The van der Waals surface area contributed by atoms with Crippen LogP contribution in [0, 0.1) is 0 Å². The van der Waals surface area contributed by atoms with Gasteiger partial charge in [-0.2, -0.15) is 0 Å². The number of nitrogens with zero attached hydrogens (tertiary/aromatic N) is 2. The largest absolute Gasteiger partial charge is 0.408 e. The molecule has 0 saturated carbocycles. The lowest BCUT2D eigenvalue weighted by molar-refractivity contribution is -0.698. The van der Waals surface area contributed by atoms with Crippen molar-refractivity contribution in [1.82, 2.24) is 4.98 Å². The summed E-state index contributed by atoms with van der Waals surface area (Å²) in [4.78, 5) is 4.15. The lowest BCUT2D eigenvalue weighted by atomic mass is 10.3. The molecule has 3 rings (SSSR count). The summed E-state index contributed by atoms with van der Waals surface area (Å²) in [5.41, 5.74) is 1.01. The molecule has 1 N–H and O–H groups in total. The SMILES string of the molecule is OCC[n+]1ccccc1.[S-]c1nc2ccccc2s1. The van der Waals surface area contributed by atoms with Crippen LogP contribution in [0.4, 0.5) is 0 Å². The fraction of sp³-hybridized carbons (Fsp3) is 0.143. The number of rotatable bonds is 2. The lowest BCUT2D eigenvalue weighted by Gasteiger charge is -1.88. The topological polar surface area (TPSA) is 37.0 Å². The molecule has 3 nitrogen and oxygen atoms in total. The molecule has 0 aliphatic rings. The minimum Gasteiger partial charge on any atom is -0.408 e. The summed E-state index contributed by atoms with van der Waals surface area (Å²) in [5, 5.41) is 8.50. The van der Waals surface area contributed by atoms with E-state index in [-0.39, 0.29) is 6.61 Å². The highest BCUT2D eigenvalue weighted by Crippen LogP contribution is 2.20. The van der Waals surface area contributed by atoms with Gasteiger partial charge < -0.3 is 29.1 Å². The average Bonchev–Trinajstić information content (AvgIpc) is 2.81. The van der Waals surface area contributed by atoms with Gasteiger partial charge >= 0.3 is 0 Å². The van der Waals surface area contributed by atoms with E-state index in [4.69, 9.17) is 17.7 Å². The molecule has 0 aliphatic carbocycles. The van der Waals surface area contributed by atoms with E-state index in [1.165, 1.54) is 4.70 Å². The van der Waals surface area contributed by atoms with E-state index in [1.54, 1.807) is 11.3 Å². The Labute approximate surface area is 121 Å². The van der Waals surface area contributed by atoms with E-state index in [9.17, 15) is 0 Å². The normalized spacial score (nSPS) is 9.95. The Bertz CT molecular complexity index is 592. The minimum atomic E-state index is 0.203. The first kappa shape index (κ1) is 13.9. The van der Waals surface area contributed by atoms with Gasteiger partial charge in [-0.25, -0.2) is 4.57 Å². The zero-order chi connectivity index (χ0) is 13.5. The molecule has 3 aromatic rings. The summed E-state index contributed by atoms with van der Waals surface area (Å²) in [5.74, 6) is 0. The van der Waals surface area contributed by atoms with Gasteiger partial charge in [-0.1, -0.05) is 24.3 Å². The predicted molar refractivity (Wildman–Crippen MR) is 79.0 cm³/mol. The van der Waals surface area contributed by atoms with Crippen molar-refractivity contribution < 1.29 is 9.67 Å². The third kappa shape index (κ3) is 4.24. The molecular weight excluding hydrogens is 276 g/mol. The van der Waals surface area contributed by atoms with E-state index in [0.29, 0.717) is 6.54 Å². The molecule has 0 radical (unpaired) electrons. The van der Waals surface area contributed by atoms with Gasteiger partial charge in [0.05, 0.1) is 5.52 Å². The number of hydrogen-bond donors (Lipinski definition) is 1. The lowest BCUT2D eigenvalue weighted by Crippen LogP contribution is -2.33. The molecule has 0 aliphatic heterocycles. The van der Waals surface area contributed by atoms with E-state index in [0.717, 1.165) is 9.86 Å². The highest BCUT2D eigenvalue weighted by Gasteiger charge is 1.91. The fourth-order valence-electron chi connectivity index (χ4n) is 1.55. The number of fused-ring (bicyclic) bond motifs is 1. The summed E-state index contributed by atoms with van der Waals surface area (Å²) in [6.45, 7) is 0.884. The minimum absolute atomic E-state index is 0.203. The zero-order valence-corrected chi connectivity index (χ0v) is 11.9. The van der Waals surface area contributed by atoms with Crippen molar-refractivity contribution in [2.75, 3.05) is 6.61 Å². The van der Waals surface area contributed by atoms with Crippen LogP contribution in [-0.2, 0) is 19.2 Å². The monoisotopic (exact) mass is 290 g/mol. The second-order valence-corrected chi connectivity index (χ2v) is 5.46. The predicted octanol–water partition coefficient (Wildman–Crippen LogP) is 2.17. The summed E-state index contributed by atoms with van der Waals surface area (Å²) in [7, 11) is 0. The second kappa shape index (κ2) is 7.13. The smallest absolute Gasteiger partial charge is 0.171 e. The molecule has 0 saturated heterocycles. The van der Waals surface area contributed by atoms with Crippen LogP contribution in [0.15, 0.2) is 59.2 Å². The van der Waals surface area contributed by atoms with E-state index >= 15 is 0 Å². The Kier molecular flexibility index (Phi) is 5.20. The number of pyridine rings is 1. The number of aliphatic hydroxyl groups is 1. The molecule has 98 valence electrons. The van der Waals surface area contributed by atoms with Gasteiger partial charge in [0.2, 0.25) is 0 Å². The van der Waals surface area contributed by atoms with Crippen LogP contribution in [-0.4, -0.2) is 16.7 Å². The first-order valence-electron chi connectivity index (χ1n) is 5.87. The third-order valence-corrected chi connectivity index (χ3v) is 3.58. The Balaban J connectivity index is 0.000000141. The van der Waals surface area contributed by atoms with Crippen LogP contribution in [0.3, 0.4) is 0 Å². The standard InChI is InChI=1S/C7H10NO.C7H5NS2/c9-7-6-8-4-2-1-3-5-8;9-7-8-5-3-1-2-4-6(5)10-7/h1-5,9H,6-7H2;1-4H,(H,8,9)/q+1;/p-1. The van der Waals surface area contributed by atoms with Gasteiger partial charge in [-0.05, 0) is 15.1 Å². The van der Waals surface area contributed by atoms with Crippen molar-refractivity contribution in [2.24, 2.45) is 0 Å². The Morgan fingerprint density at radius 2 is 1.84 bits per heavy atom. The van der Waals surface area contributed by atoms with E-state index in [2.05, 4.69) is 4.98 Å². The third-order valence-electron chi connectivity index (χ3n) is 2.41. The molecule has 0 spiro atoms. The van der Waals surface area contributed by atoms with Crippen molar-refractivity contribution in [1.29, 1.82) is 0 Å². The number of para-hydroxylation sites is 1. The van der Waals surface area contributed by atoms with Crippen LogP contribution < -0.4 is 4.57 Å². The average molecular weight is 290 g/mol. The molecule has 0 bridgehead atoms. The molecule has 0 amide bonds. The Hall–Kier alpha value is -1.56. The number of aliphatic hydroxyl groups excluding tert-OH is 1. The van der Waals surface area contributed by atoms with Gasteiger partial charge in [0.1, 0.15) is 6.61 Å². The van der Waals surface area contributed by atoms with Crippen molar-refractivity contribution in [3.05, 3.63) is 54.9 Å². The molecule has 2 heterocycles. The van der Waals surface area contributed by atoms with Crippen molar-refractivity contribution in [3.63, 3.8) is 0 Å². The fourth-order valence-corrected chi connectivity index (χ4v) is 2.61. The summed E-state index contributed by atoms with van der Waals surface area (Å²) < 4.78 is 3.83.